The van der Waals surface area contributed by atoms with Crippen molar-refractivity contribution in [3.8, 4) is 0 Å². The van der Waals surface area contributed by atoms with Gasteiger partial charge in [0.25, 0.3) is 0 Å². The molecule has 1 aromatic heterocycles. The van der Waals surface area contributed by atoms with Gasteiger partial charge in [0.1, 0.15) is 5.76 Å². The number of hydrogen-bond acceptors (Lipinski definition) is 3. The molecule has 17 heavy (non-hydrogen) atoms. The molecule has 0 unspecified atom stereocenters. The fraction of sp³-hybridized carbons (Fsp3) is 0.308. The highest BCUT2D eigenvalue weighted by Gasteiger charge is 2.19. The molecule has 90 valence electrons. The van der Waals surface area contributed by atoms with Crippen molar-refractivity contribution in [2.24, 2.45) is 0 Å². The number of rotatable bonds is 4. The van der Waals surface area contributed by atoms with Crippen molar-refractivity contribution >= 4 is 15.9 Å². The van der Waals surface area contributed by atoms with E-state index in [1.54, 1.807) is 6.20 Å². The van der Waals surface area contributed by atoms with E-state index in [9.17, 15) is 0 Å². The minimum atomic E-state index is -0.104. The summed E-state index contributed by atoms with van der Waals surface area (Å²) in [6, 6.07) is 8.31. The predicted octanol–water partition coefficient (Wildman–Crippen LogP) is 3.46. The van der Waals surface area contributed by atoms with E-state index in [0.29, 0.717) is 6.54 Å². The van der Waals surface area contributed by atoms with Gasteiger partial charge in [-0.2, -0.15) is 0 Å². The number of halogens is 1. The van der Waals surface area contributed by atoms with Gasteiger partial charge in [-0.3, -0.25) is 0 Å². The molecule has 0 aliphatic carbocycles. The second-order valence-electron chi connectivity index (χ2n) is 4.45. The zero-order valence-electron chi connectivity index (χ0n) is 9.90. The number of nitrogens with one attached hydrogen (secondary N) is 1. The standard InChI is InChI=1S/C13H15BrN2O/c1-13(2,10-3-5-11(14)6-4-10)16-8-12-7-15-9-17-12/h3-7,9,16H,8H2,1-2H3. The first-order chi connectivity index (χ1) is 8.08. The number of oxazole rings is 1. The van der Waals surface area contributed by atoms with Crippen LogP contribution < -0.4 is 5.32 Å². The van der Waals surface area contributed by atoms with Crippen LogP contribution in [0.4, 0.5) is 0 Å². The van der Waals surface area contributed by atoms with Gasteiger partial charge < -0.3 is 9.73 Å². The quantitative estimate of drug-likeness (QED) is 0.938. The van der Waals surface area contributed by atoms with Crippen molar-refractivity contribution in [1.82, 2.24) is 10.3 Å². The molecule has 2 rings (SSSR count). The van der Waals surface area contributed by atoms with Crippen molar-refractivity contribution in [2.45, 2.75) is 25.9 Å². The summed E-state index contributed by atoms with van der Waals surface area (Å²) < 4.78 is 6.29. The van der Waals surface area contributed by atoms with Crippen molar-refractivity contribution in [2.75, 3.05) is 0 Å². The minimum Gasteiger partial charge on any atom is -0.447 e. The second kappa shape index (κ2) is 5.02. The Balaban J connectivity index is 2.05. The molecule has 0 bridgehead atoms. The molecule has 1 N–H and O–H groups in total. The van der Waals surface area contributed by atoms with Gasteiger partial charge in [-0.25, -0.2) is 4.98 Å². The number of aromatic nitrogens is 1. The molecule has 4 heteroatoms. The number of benzene rings is 1. The van der Waals surface area contributed by atoms with Gasteiger partial charge in [0.2, 0.25) is 0 Å². The summed E-state index contributed by atoms with van der Waals surface area (Å²) in [5.74, 6) is 0.843. The third-order valence-electron chi connectivity index (χ3n) is 2.75. The topological polar surface area (TPSA) is 38.1 Å². The lowest BCUT2D eigenvalue weighted by Crippen LogP contribution is -2.35. The van der Waals surface area contributed by atoms with Crippen LogP contribution in [0.25, 0.3) is 0 Å². The molecule has 1 heterocycles. The molecule has 0 saturated heterocycles. The Hall–Kier alpha value is -1.13. The van der Waals surface area contributed by atoms with Gasteiger partial charge in [-0.05, 0) is 31.5 Å². The number of hydrogen-bond donors (Lipinski definition) is 1. The third kappa shape index (κ3) is 3.17. The summed E-state index contributed by atoms with van der Waals surface area (Å²) in [4.78, 5) is 3.89. The fourth-order valence-electron chi connectivity index (χ4n) is 1.61. The first-order valence-electron chi connectivity index (χ1n) is 5.46. The van der Waals surface area contributed by atoms with Crippen LogP contribution in [-0.2, 0) is 12.1 Å². The second-order valence-corrected chi connectivity index (χ2v) is 5.37. The maximum absolute atomic E-state index is 5.20. The Labute approximate surface area is 109 Å². The summed E-state index contributed by atoms with van der Waals surface area (Å²) in [6.07, 6.45) is 3.17. The molecule has 0 spiro atoms. The molecule has 0 aliphatic rings. The van der Waals surface area contributed by atoms with Gasteiger partial charge in [-0.15, -0.1) is 0 Å². The largest absolute Gasteiger partial charge is 0.447 e. The first kappa shape index (κ1) is 12.3. The summed E-state index contributed by atoms with van der Waals surface area (Å²) in [7, 11) is 0. The van der Waals surface area contributed by atoms with E-state index >= 15 is 0 Å². The average Bonchev–Trinajstić information content (AvgIpc) is 2.80. The van der Waals surface area contributed by atoms with Gasteiger partial charge in [-0.1, -0.05) is 28.1 Å². The zero-order valence-corrected chi connectivity index (χ0v) is 11.5. The minimum absolute atomic E-state index is 0.104. The van der Waals surface area contributed by atoms with E-state index in [1.807, 2.05) is 12.1 Å². The van der Waals surface area contributed by atoms with E-state index in [1.165, 1.54) is 12.0 Å². The zero-order chi connectivity index (χ0) is 12.3. The van der Waals surface area contributed by atoms with Crippen LogP contribution in [0.15, 0.2) is 45.7 Å². The lowest BCUT2D eigenvalue weighted by molar-refractivity contribution is 0.370. The molecule has 0 radical (unpaired) electrons. The van der Waals surface area contributed by atoms with E-state index < -0.39 is 0 Å². The smallest absolute Gasteiger partial charge is 0.180 e. The van der Waals surface area contributed by atoms with Crippen LogP contribution in [0.1, 0.15) is 25.2 Å². The summed E-state index contributed by atoms with van der Waals surface area (Å²) >= 11 is 3.44. The van der Waals surface area contributed by atoms with Crippen LogP contribution in [0.5, 0.6) is 0 Å². The molecule has 0 amide bonds. The van der Waals surface area contributed by atoms with Crippen LogP contribution in [-0.4, -0.2) is 4.98 Å². The van der Waals surface area contributed by atoms with Crippen LogP contribution in [0.3, 0.4) is 0 Å². The molecule has 0 atom stereocenters. The van der Waals surface area contributed by atoms with Gasteiger partial charge in [0, 0.05) is 10.0 Å². The van der Waals surface area contributed by atoms with Crippen LogP contribution in [0.2, 0.25) is 0 Å². The Morgan fingerprint density at radius 1 is 1.29 bits per heavy atom. The van der Waals surface area contributed by atoms with Crippen molar-refractivity contribution in [3.63, 3.8) is 0 Å². The molecule has 3 nitrogen and oxygen atoms in total. The number of nitrogens with zero attached hydrogens (tertiary/aromatic N) is 1. The van der Waals surface area contributed by atoms with Gasteiger partial charge >= 0.3 is 0 Å². The lowest BCUT2D eigenvalue weighted by Gasteiger charge is -2.26. The average molecular weight is 295 g/mol. The fourth-order valence-corrected chi connectivity index (χ4v) is 1.87. The van der Waals surface area contributed by atoms with Crippen molar-refractivity contribution in [3.05, 3.63) is 52.7 Å². The predicted molar refractivity (Wildman–Crippen MR) is 70.5 cm³/mol. The van der Waals surface area contributed by atoms with E-state index in [-0.39, 0.29) is 5.54 Å². The highest BCUT2D eigenvalue weighted by atomic mass is 79.9. The Morgan fingerprint density at radius 3 is 2.59 bits per heavy atom. The molecule has 0 aliphatic heterocycles. The maximum Gasteiger partial charge on any atom is 0.180 e. The summed E-state index contributed by atoms with van der Waals surface area (Å²) in [5.41, 5.74) is 1.13. The summed E-state index contributed by atoms with van der Waals surface area (Å²) in [5, 5.41) is 3.45. The van der Waals surface area contributed by atoms with E-state index in [4.69, 9.17) is 4.42 Å². The lowest BCUT2D eigenvalue weighted by atomic mass is 9.94. The van der Waals surface area contributed by atoms with Crippen LogP contribution in [0, 0.1) is 0 Å². The van der Waals surface area contributed by atoms with E-state index in [2.05, 4.69) is 52.2 Å². The highest BCUT2D eigenvalue weighted by Crippen LogP contribution is 2.22. The normalized spacial score (nSPS) is 11.7. The van der Waals surface area contributed by atoms with Crippen molar-refractivity contribution in [1.29, 1.82) is 0 Å². The van der Waals surface area contributed by atoms with Gasteiger partial charge in [0.05, 0.1) is 12.7 Å². The third-order valence-corrected chi connectivity index (χ3v) is 3.28. The first-order valence-corrected chi connectivity index (χ1v) is 6.26. The highest BCUT2D eigenvalue weighted by molar-refractivity contribution is 9.10. The van der Waals surface area contributed by atoms with Gasteiger partial charge in [0.15, 0.2) is 6.39 Å². The Bertz CT molecular complexity index is 463. The Kier molecular flexibility index (Phi) is 3.64. The molecule has 1 aromatic carbocycles. The Morgan fingerprint density at radius 2 is 2.00 bits per heavy atom. The monoisotopic (exact) mass is 294 g/mol. The molecule has 2 aromatic rings. The SMILES string of the molecule is CC(C)(NCc1cnco1)c1ccc(Br)cc1. The molecular weight excluding hydrogens is 280 g/mol. The van der Waals surface area contributed by atoms with Crippen LogP contribution >= 0.6 is 15.9 Å². The molecule has 0 fully saturated rings. The van der Waals surface area contributed by atoms with Crippen molar-refractivity contribution < 1.29 is 4.42 Å². The molecule has 0 saturated carbocycles. The van der Waals surface area contributed by atoms with E-state index in [0.717, 1.165) is 10.2 Å². The summed E-state index contributed by atoms with van der Waals surface area (Å²) in [6.45, 7) is 4.96. The molecular formula is C13H15BrN2O. The maximum atomic E-state index is 5.20.